The van der Waals surface area contributed by atoms with Crippen molar-refractivity contribution in [2.45, 2.75) is 13.8 Å². The average Bonchev–Trinajstić information content (AvgIpc) is 3.26. The number of benzene rings is 4. The fourth-order valence-electron chi connectivity index (χ4n) is 5.06. The van der Waals surface area contributed by atoms with Crippen LogP contribution in [0.15, 0.2) is 95.5 Å². The lowest BCUT2D eigenvalue weighted by molar-refractivity contribution is 0.669. The van der Waals surface area contributed by atoms with E-state index in [2.05, 4.69) is 65.8 Å². The van der Waals surface area contributed by atoms with Crippen molar-refractivity contribution < 1.29 is 8.53 Å². The van der Waals surface area contributed by atoms with E-state index in [-0.39, 0.29) is 5.56 Å². The number of pyridine rings is 1. The zero-order chi connectivity index (χ0) is 25.3. The van der Waals surface area contributed by atoms with Crippen molar-refractivity contribution >= 4 is 33.3 Å². The molecule has 3 nitrogen and oxygen atoms in total. The smallest absolute Gasteiger partial charge is 0.136 e. The van der Waals surface area contributed by atoms with Gasteiger partial charge in [-0.05, 0) is 72.4 Å². The van der Waals surface area contributed by atoms with E-state index in [0.29, 0.717) is 0 Å². The van der Waals surface area contributed by atoms with Crippen molar-refractivity contribution in [3.63, 3.8) is 0 Å². The third kappa shape index (κ3) is 2.80. The quantitative estimate of drug-likeness (QED) is 0.277. The van der Waals surface area contributed by atoms with E-state index < -0.39 is 6.85 Å². The topological polar surface area (TPSA) is 38.1 Å². The van der Waals surface area contributed by atoms with Crippen LogP contribution in [-0.2, 0) is 0 Å². The molecular weight excluding hydrogens is 416 g/mol. The summed E-state index contributed by atoms with van der Waals surface area (Å²) in [5.41, 5.74) is 11.3. The van der Waals surface area contributed by atoms with Gasteiger partial charge in [0.15, 0.2) is 0 Å². The third-order valence-corrected chi connectivity index (χ3v) is 6.78. The molecule has 3 heteroatoms. The normalized spacial score (nSPS) is 13.7. The summed E-state index contributed by atoms with van der Waals surface area (Å²) in [7, 11) is 0. The maximum atomic E-state index is 7.62. The molecule has 0 radical (unpaired) electrons. The monoisotopic (exact) mass is 441 g/mol. The zero-order valence-corrected chi connectivity index (χ0v) is 18.5. The third-order valence-electron chi connectivity index (χ3n) is 6.78. The van der Waals surface area contributed by atoms with E-state index in [4.69, 9.17) is 8.53 Å². The van der Waals surface area contributed by atoms with E-state index in [0.717, 1.165) is 66.8 Å². The summed E-state index contributed by atoms with van der Waals surface area (Å²) in [5, 5.41) is 5.87. The van der Waals surface area contributed by atoms with Crippen LogP contribution in [0.3, 0.4) is 0 Å². The van der Waals surface area contributed by atoms with Crippen molar-refractivity contribution in [3.8, 4) is 33.5 Å². The highest BCUT2D eigenvalue weighted by Crippen LogP contribution is 2.46. The summed E-state index contributed by atoms with van der Waals surface area (Å²) in [4.78, 5) is 4.46. The molecule has 2 aromatic heterocycles. The molecule has 1 N–H and O–H groups in total. The van der Waals surface area contributed by atoms with Gasteiger partial charge in [0.2, 0.25) is 0 Å². The lowest BCUT2D eigenvalue weighted by atomic mass is 9.88. The number of aryl methyl sites for hydroxylation is 1. The van der Waals surface area contributed by atoms with Crippen molar-refractivity contribution in [2.24, 2.45) is 0 Å². The number of anilines is 2. The minimum atomic E-state index is -2.17. The van der Waals surface area contributed by atoms with E-state index in [9.17, 15) is 0 Å². The minimum absolute atomic E-state index is 0.238. The summed E-state index contributed by atoms with van der Waals surface area (Å²) < 4.78 is 29.1. The maximum absolute atomic E-state index is 7.62. The average molecular weight is 442 g/mol. The molecule has 0 saturated heterocycles. The van der Waals surface area contributed by atoms with Gasteiger partial charge in [-0.25, -0.2) is 0 Å². The summed E-state index contributed by atoms with van der Waals surface area (Å²) >= 11 is 0. The van der Waals surface area contributed by atoms with Crippen molar-refractivity contribution in [2.75, 3.05) is 5.32 Å². The number of fused-ring (bicyclic) bond motifs is 9. The Bertz CT molecular complexity index is 1850. The van der Waals surface area contributed by atoms with Crippen LogP contribution in [0.5, 0.6) is 0 Å². The van der Waals surface area contributed by atoms with Crippen LogP contribution in [-0.4, -0.2) is 4.98 Å². The number of hydrogen-bond donors (Lipinski definition) is 1. The maximum Gasteiger partial charge on any atom is 0.136 e. The van der Waals surface area contributed by atoms with E-state index >= 15 is 0 Å². The summed E-state index contributed by atoms with van der Waals surface area (Å²) in [6.45, 7) is -0.0133. The minimum Gasteiger partial charge on any atom is -0.456 e. The predicted octanol–water partition coefficient (Wildman–Crippen LogP) is 8.66. The molecule has 0 amide bonds. The molecule has 0 aliphatic carbocycles. The highest BCUT2D eigenvalue weighted by molar-refractivity contribution is 6.09. The second-order valence-corrected chi connectivity index (χ2v) is 8.79. The Labute approximate surface area is 201 Å². The Balaban J connectivity index is 1.42. The highest BCUT2D eigenvalue weighted by atomic mass is 16.3. The van der Waals surface area contributed by atoms with Gasteiger partial charge in [-0.1, -0.05) is 48.5 Å². The molecule has 2 bridgehead atoms. The molecule has 0 fully saturated rings. The second-order valence-electron chi connectivity index (χ2n) is 8.79. The number of furan rings is 1. The molecule has 1 aliphatic heterocycles. The Kier molecular flexibility index (Phi) is 3.38. The molecule has 3 heterocycles. The largest absolute Gasteiger partial charge is 0.456 e. The highest BCUT2D eigenvalue weighted by Gasteiger charge is 2.21. The first-order valence-corrected chi connectivity index (χ1v) is 11.3. The summed E-state index contributed by atoms with van der Waals surface area (Å²) in [6.07, 6.45) is 1.44. The van der Waals surface area contributed by atoms with Gasteiger partial charge >= 0.3 is 0 Å². The van der Waals surface area contributed by atoms with E-state index in [1.807, 2.05) is 24.3 Å². The predicted molar refractivity (Wildman–Crippen MR) is 141 cm³/mol. The number of nitrogens with one attached hydrogen (secondary N) is 1. The Morgan fingerprint density at radius 2 is 1.59 bits per heavy atom. The van der Waals surface area contributed by atoms with Crippen LogP contribution in [0.4, 0.5) is 11.4 Å². The molecule has 0 spiro atoms. The van der Waals surface area contributed by atoms with Crippen LogP contribution in [0.2, 0.25) is 0 Å². The van der Waals surface area contributed by atoms with Crippen LogP contribution < -0.4 is 5.32 Å². The molecule has 4 aromatic carbocycles. The Morgan fingerprint density at radius 3 is 2.41 bits per heavy atom. The van der Waals surface area contributed by atoms with Crippen LogP contribution >= 0.6 is 0 Å². The van der Waals surface area contributed by atoms with E-state index in [1.165, 1.54) is 11.8 Å². The number of hydrogen-bond acceptors (Lipinski definition) is 3. The first kappa shape index (κ1) is 16.3. The van der Waals surface area contributed by atoms with Gasteiger partial charge in [0.25, 0.3) is 0 Å². The number of aromatic nitrogens is 1. The van der Waals surface area contributed by atoms with Gasteiger partial charge < -0.3 is 9.73 Å². The number of rotatable bonds is 1. The van der Waals surface area contributed by atoms with Crippen LogP contribution in [0, 0.1) is 13.8 Å². The number of nitrogens with zero attached hydrogens (tertiary/aromatic N) is 1. The van der Waals surface area contributed by atoms with Gasteiger partial charge in [-0.2, -0.15) is 0 Å². The summed E-state index contributed by atoms with van der Waals surface area (Å²) in [5.74, 6) is 0. The van der Waals surface area contributed by atoms with Crippen molar-refractivity contribution in [1.29, 1.82) is 0 Å². The SMILES string of the molecule is [2H]C([2H])([2H])c1ccc(-c2ccc3c(c2)-c2cccc(c2C)-c2cc4oc5ccccc5c4cc2N3)nc1. The fourth-order valence-corrected chi connectivity index (χ4v) is 5.06. The lowest BCUT2D eigenvalue weighted by Crippen LogP contribution is -2.02. The summed E-state index contributed by atoms with van der Waals surface area (Å²) in [6, 6.07) is 28.4. The van der Waals surface area contributed by atoms with Gasteiger partial charge in [0.1, 0.15) is 11.2 Å². The molecule has 0 saturated carbocycles. The van der Waals surface area contributed by atoms with Crippen LogP contribution in [0.25, 0.3) is 55.4 Å². The molecule has 162 valence electrons. The second kappa shape index (κ2) is 7.06. The molecule has 6 aromatic rings. The first-order valence-electron chi connectivity index (χ1n) is 12.8. The molecular formula is C31H22N2O. The van der Waals surface area contributed by atoms with E-state index in [1.54, 1.807) is 12.1 Å². The molecule has 0 unspecified atom stereocenters. The fraction of sp³-hybridized carbons (Fsp3) is 0.0645. The molecule has 1 aliphatic rings. The first-order chi connectivity index (χ1) is 17.9. The van der Waals surface area contributed by atoms with Gasteiger partial charge in [-0.3, -0.25) is 4.98 Å². The Hall–Kier alpha value is -4.37. The molecule has 7 rings (SSSR count). The standard InChI is InChI=1S/C31H22N2O/c1-18-10-12-27(32-17-18)20-11-13-28-24(14-20)21-7-5-8-22(19(21)2)25-16-31-26(15-29(25)33-28)23-6-3-4-9-30(23)34-31/h3-17,33H,1-2H3/i1D3. The van der Waals surface area contributed by atoms with Gasteiger partial charge in [0, 0.05) is 49.1 Å². The van der Waals surface area contributed by atoms with Crippen molar-refractivity contribution in [3.05, 3.63) is 102 Å². The Morgan fingerprint density at radius 1 is 0.735 bits per heavy atom. The zero-order valence-electron chi connectivity index (χ0n) is 21.5. The van der Waals surface area contributed by atoms with Crippen LogP contribution in [0.1, 0.15) is 15.2 Å². The van der Waals surface area contributed by atoms with Gasteiger partial charge in [-0.15, -0.1) is 0 Å². The van der Waals surface area contributed by atoms with Gasteiger partial charge in [0.05, 0.1) is 5.69 Å². The number of para-hydroxylation sites is 1. The van der Waals surface area contributed by atoms with Crippen molar-refractivity contribution in [1.82, 2.24) is 4.98 Å². The molecule has 34 heavy (non-hydrogen) atoms. The lowest BCUT2D eigenvalue weighted by Gasteiger charge is -2.23. The molecule has 0 atom stereocenters.